The van der Waals surface area contributed by atoms with Gasteiger partial charge in [0.25, 0.3) is 0 Å². The Balaban J connectivity index is 1.78. The van der Waals surface area contributed by atoms with Gasteiger partial charge >= 0.3 is 6.16 Å². The van der Waals surface area contributed by atoms with Crippen molar-refractivity contribution in [2.24, 2.45) is 0 Å². The van der Waals surface area contributed by atoms with Crippen molar-refractivity contribution in [2.45, 2.75) is 19.9 Å². The average molecular weight is 550 g/mol. The quantitative estimate of drug-likeness (QED) is 0.202. The monoisotopic (exact) mass is 549 g/mol. The van der Waals surface area contributed by atoms with E-state index in [4.69, 9.17) is 23.7 Å². The van der Waals surface area contributed by atoms with Crippen LogP contribution in [-0.4, -0.2) is 52.5 Å². The first kappa shape index (κ1) is 26.1. The van der Waals surface area contributed by atoms with E-state index in [1.54, 1.807) is 12.1 Å². The van der Waals surface area contributed by atoms with Crippen LogP contribution < -0.4 is 23.7 Å². The van der Waals surface area contributed by atoms with Gasteiger partial charge in [-0.15, -0.1) is 0 Å². The van der Waals surface area contributed by atoms with E-state index in [-0.39, 0.29) is 5.88 Å². The smallest absolute Gasteiger partial charge is 0.494 e. The summed E-state index contributed by atoms with van der Waals surface area (Å²) in [5, 5.41) is 10.5. The maximum absolute atomic E-state index is 12.0. The third-order valence-electron chi connectivity index (χ3n) is 6.26. The highest BCUT2D eigenvalue weighted by Crippen LogP contribution is 2.47. The van der Waals surface area contributed by atoms with Crippen molar-refractivity contribution in [3.8, 4) is 40.0 Å². The summed E-state index contributed by atoms with van der Waals surface area (Å²) in [5.41, 5.74) is 4.41. The second-order valence-corrected chi connectivity index (χ2v) is 9.19. The van der Waals surface area contributed by atoms with Crippen molar-refractivity contribution < 1.29 is 33.6 Å². The lowest BCUT2D eigenvalue weighted by molar-refractivity contribution is 0.141. The molecule has 3 aromatic carbocycles. The first-order chi connectivity index (χ1) is 19.0. The minimum Gasteiger partial charge on any atom is -0.494 e. The molecule has 0 aliphatic rings. The molecule has 2 heterocycles. The Morgan fingerprint density at radius 1 is 0.949 bits per heavy atom. The summed E-state index contributed by atoms with van der Waals surface area (Å²) in [6.07, 6.45) is -0.588. The number of methoxy groups -OCH3 is 3. The fraction of sp³-hybridized carbons (Fsp3) is 0.250. The number of aromatic nitrogens is 3. The molecule has 202 valence electrons. The molecular weight excluding hydrogens is 522 g/mol. The predicted molar refractivity (Wildman–Crippen MR) is 148 cm³/mol. The molecule has 0 radical (unpaired) electrons. The lowest BCUT2D eigenvalue weighted by atomic mass is 10.0. The molecule has 0 aliphatic heterocycles. The summed E-state index contributed by atoms with van der Waals surface area (Å²) in [4.78, 5) is 12.0. The number of hydrogen-bond acceptors (Lipinski definition) is 9. The van der Waals surface area contributed by atoms with Crippen LogP contribution >= 0.6 is 11.7 Å². The molecule has 0 unspecified atom stereocenters. The van der Waals surface area contributed by atoms with Gasteiger partial charge < -0.3 is 33.4 Å². The van der Waals surface area contributed by atoms with Gasteiger partial charge in [-0.25, -0.2) is 4.79 Å². The molecule has 0 amide bonds. The minimum absolute atomic E-state index is 0.149. The highest BCUT2D eigenvalue weighted by molar-refractivity contribution is 7.00. The molecular formula is C28H27N3O7S. The summed E-state index contributed by atoms with van der Waals surface area (Å²) in [5.74, 6) is 2.08. The Labute approximate surface area is 228 Å². The molecule has 0 spiro atoms. The van der Waals surface area contributed by atoms with Crippen LogP contribution in [0.1, 0.15) is 18.9 Å². The Kier molecular flexibility index (Phi) is 7.42. The fourth-order valence-corrected chi connectivity index (χ4v) is 5.10. The van der Waals surface area contributed by atoms with E-state index < -0.39 is 6.16 Å². The predicted octanol–water partition coefficient (Wildman–Crippen LogP) is 6.23. The highest BCUT2D eigenvalue weighted by Gasteiger charge is 2.26. The summed E-state index contributed by atoms with van der Waals surface area (Å²) in [6.45, 7) is 2.90. The molecule has 5 rings (SSSR count). The third kappa shape index (κ3) is 5.00. The van der Waals surface area contributed by atoms with E-state index in [0.717, 1.165) is 45.6 Å². The Hall–Kier alpha value is -4.51. The van der Waals surface area contributed by atoms with E-state index in [2.05, 4.69) is 8.75 Å². The van der Waals surface area contributed by atoms with Crippen LogP contribution in [-0.2, 0) is 6.54 Å². The molecule has 0 fully saturated rings. The maximum Gasteiger partial charge on any atom is 0.512 e. The number of nitrogens with zero attached hydrogens (tertiary/aromatic N) is 3. The second kappa shape index (κ2) is 11.1. The summed E-state index contributed by atoms with van der Waals surface area (Å²) in [6, 6.07) is 15.0. The topological polar surface area (TPSA) is 114 Å². The van der Waals surface area contributed by atoms with Crippen molar-refractivity contribution in [3.63, 3.8) is 0 Å². The number of carbonyl (C=O) groups is 1. The van der Waals surface area contributed by atoms with Gasteiger partial charge in [-0.3, -0.25) is 0 Å². The van der Waals surface area contributed by atoms with E-state index in [1.807, 2.05) is 47.9 Å². The SMILES string of the molecule is CCCOc1ccc2c(c1)c(-c1cc(OC)c(OC)c(OC)c1)c(OC(=O)O)n2Cc1ccc2nsnc2c1. The molecule has 0 saturated heterocycles. The lowest BCUT2D eigenvalue weighted by Crippen LogP contribution is -2.10. The lowest BCUT2D eigenvalue weighted by Gasteiger charge is -2.15. The summed E-state index contributed by atoms with van der Waals surface area (Å²) >= 11 is 1.14. The van der Waals surface area contributed by atoms with Crippen molar-refractivity contribution >= 4 is 39.8 Å². The van der Waals surface area contributed by atoms with Crippen molar-refractivity contribution in [1.82, 2.24) is 13.3 Å². The zero-order chi connectivity index (χ0) is 27.5. The minimum atomic E-state index is -1.44. The Morgan fingerprint density at radius 2 is 1.69 bits per heavy atom. The molecule has 11 heteroatoms. The average Bonchev–Trinajstić information content (AvgIpc) is 3.52. The van der Waals surface area contributed by atoms with E-state index in [9.17, 15) is 9.90 Å². The van der Waals surface area contributed by atoms with Crippen LogP contribution in [0.25, 0.3) is 33.1 Å². The third-order valence-corrected chi connectivity index (χ3v) is 6.81. The zero-order valence-corrected chi connectivity index (χ0v) is 22.7. The van der Waals surface area contributed by atoms with Gasteiger partial charge in [-0.2, -0.15) is 8.75 Å². The Bertz CT molecular complexity index is 1640. The van der Waals surface area contributed by atoms with Gasteiger partial charge in [-0.1, -0.05) is 13.0 Å². The van der Waals surface area contributed by atoms with Crippen LogP contribution in [0, 0.1) is 0 Å². The summed E-state index contributed by atoms with van der Waals surface area (Å²) in [7, 11) is 4.58. The molecule has 10 nitrogen and oxygen atoms in total. The van der Waals surface area contributed by atoms with E-state index in [0.29, 0.717) is 47.3 Å². The number of fused-ring (bicyclic) bond motifs is 2. The molecule has 0 atom stereocenters. The number of hydrogen-bond donors (Lipinski definition) is 1. The number of ether oxygens (including phenoxy) is 5. The normalized spacial score (nSPS) is 11.1. The van der Waals surface area contributed by atoms with Gasteiger partial charge in [0.15, 0.2) is 11.5 Å². The van der Waals surface area contributed by atoms with Gasteiger partial charge in [0.05, 0.1) is 57.3 Å². The number of rotatable bonds is 10. The zero-order valence-electron chi connectivity index (χ0n) is 21.9. The van der Waals surface area contributed by atoms with Crippen molar-refractivity contribution in [1.29, 1.82) is 0 Å². The van der Waals surface area contributed by atoms with Gasteiger partial charge in [0, 0.05) is 5.39 Å². The fourth-order valence-electron chi connectivity index (χ4n) is 4.58. The molecule has 1 N–H and O–H groups in total. The van der Waals surface area contributed by atoms with Crippen molar-refractivity contribution in [2.75, 3.05) is 27.9 Å². The molecule has 0 bridgehead atoms. The van der Waals surface area contributed by atoms with Gasteiger partial charge in [0.1, 0.15) is 16.8 Å². The van der Waals surface area contributed by atoms with Gasteiger partial charge in [0.2, 0.25) is 11.6 Å². The second-order valence-electron chi connectivity index (χ2n) is 8.66. The van der Waals surface area contributed by atoms with Crippen LogP contribution in [0.2, 0.25) is 0 Å². The number of benzene rings is 3. The van der Waals surface area contributed by atoms with E-state index >= 15 is 0 Å². The van der Waals surface area contributed by atoms with Crippen LogP contribution in [0.3, 0.4) is 0 Å². The van der Waals surface area contributed by atoms with Crippen LogP contribution in [0.15, 0.2) is 48.5 Å². The molecule has 5 aromatic rings. The Morgan fingerprint density at radius 3 is 2.36 bits per heavy atom. The molecule has 0 aliphatic carbocycles. The summed E-state index contributed by atoms with van der Waals surface area (Å²) < 4.78 is 38.5. The first-order valence-corrected chi connectivity index (χ1v) is 12.9. The highest BCUT2D eigenvalue weighted by atomic mass is 32.1. The maximum atomic E-state index is 12.0. The standard InChI is InChI=1S/C28H27N3O7S/c1-5-10-37-18-7-9-22-19(14-18)25(17-12-23(34-2)26(36-4)24(13-17)35-3)27(38-28(32)33)31(22)15-16-6-8-20-21(11-16)30-39-29-20/h6-9,11-14H,5,10,15H2,1-4H3,(H,32,33). The number of carboxylic acid groups (broad SMARTS) is 1. The van der Waals surface area contributed by atoms with Crippen LogP contribution in [0.4, 0.5) is 4.79 Å². The van der Waals surface area contributed by atoms with Crippen molar-refractivity contribution in [3.05, 3.63) is 54.1 Å². The largest absolute Gasteiger partial charge is 0.512 e. The molecule has 39 heavy (non-hydrogen) atoms. The van der Waals surface area contributed by atoms with Gasteiger partial charge in [-0.05, 0) is 60.0 Å². The molecule has 2 aromatic heterocycles. The van der Waals surface area contributed by atoms with E-state index in [1.165, 1.54) is 21.3 Å². The van der Waals surface area contributed by atoms with Crippen LogP contribution in [0.5, 0.6) is 28.9 Å². The molecule has 0 saturated carbocycles. The first-order valence-electron chi connectivity index (χ1n) is 12.2.